The Morgan fingerprint density at radius 1 is 1.05 bits per heavy atom. The normalized spacial score (nSPS) is 12.1. The highest BCUT2D eigenvalue weighted by atomic mass is 16.5. The van der Waals surface area contributed by atoms with E-state index in [4.69, 9.17) is 9.47 Å². The van der Waals surface area contributed by atoms with Crippen molar-refractivity contribution in [2.24, 2.45) is 4.99 Å². The van der Waals surface area contributed by atoms with E-state index in [1.54, 1.807) is 49.6 Å². The van der Waals surface area contributed by atoms with Crippen LogP contribution in [0.4, 0.5) is 0 Å². The largest absolute Gasteiger partial charge is 0.497 e. The topological polar surface area (TPSA) is 65.0 Å². The second-order valence-electron chi connectivity index (χ2n) is 4.40. The van der Waals surface area contributed by atoms with Crippen LogP contribution in [0.3, 0.4) is 0 Å². The summed E-state index contributed by atoms with van der Waals surface area (Å²) in [5.74, 6) is 0.149. The number of rotatable bonds is 3. The smallest absolute Gasteiger partial charge is 0.345 e. The lowest BCUT2D eigenvalue weighted by atomic mass is 10.2. The van der Waals surface area contributed by atoms with Crippen LogP contribution in [0.1, 0.15) is 10.4 Å². The van der Waals surface area contributed by atoms with E-state index >= 15 is 0 Å². The molecule has 1 aliphatic heterocycles. The lowest BCUT2D eigenvalue weighted by Crippen LogP contribution is -2.30. The Balaban J connectivity index is 1.91. The van der Waals surface area contributed by atoms with E-state index in [-0.39, 0.29) is 11.5 Å². The average Bonchev–Trinajstić information content (AvgIpc) is 2.87. The highest BCUT2D eigenvalue weighted by Crippen LogP contribution is 2.17. The number of hydrogen-bond donors (Lipinski definition) is 0. The number of carbonyl (C=O) groups is 2. The molecule has 0 bridgehead atoms. The molecule has 2 aromatic carbocycles. The predicted octanol–water partition coefficient (Wildman–Crippen LogP) is 0.855. The molecule has 0 radical (unpaired) electrons. The first-order valence-electron chi connectivity index (χ1n) is 6.27. The van der Waals surface area contributed by atoms with Crippen LogP contribution in [0.25, 0.3) is 6.08 Å². The number of benzene rings is 2. The number of fused-ring (bicyclic) bond motifs is 1. The van der Waals surface area contributed by atoms with Crippen molar-refractivity contribution in [1.29, 1.82) is 0 Å². The molecule has 0 saturated heterocycles. The van der Waals surface area contributed by atoms with E-state index in [9.17, 15) is 9.59 Å². The molecular weight excluding hydrogens is 270 g/mol. The van der Waals surface area contributed by atoms with Crippen molar-refractivity contribution in [3.63, 3.8) is 0 Å². The van der Waals surface area contributed by atoms with Crippen molar-refractivity contribution in [2.75, 3.05) is 7.11 Å². The third kappa shape index (κ3) is 2.53. The predicted molar refractivity (Wildman–Crippen MR) is 74.6 cm³/mol. The van der Waals surface area contributed by atoms with Gasteiger partial charge in [0.05, 0.1) is 18.0 Å². The molecule has 2 aromatic rings. The minimum atomic E-state index is -0.552. The van der Waals surface area contributed by atoms with E-state index in [0.29, 0.717) is 22.1 Å². The SMILES string of the molecule is COc1ccc(OC(=O)c2cccc3c2=NC(=O)C=3)cc1. The molecule has 0 N–H and O–H groups in total. The molecule has 5 heteroatoms. The molecule has 0 aliphatic carbocycles. The van der Waals surface area contributed by atoms with Crippen LogP contribution in [0.15, 0.2) is 47.5 Å². The van der Waals surface area contributed by atoms with Crippen molar-refractivity contribution >= 4 is 18.0 Å². The number of amides is 1. The maximum absolute atomic E-state index is 12.2. The quantitative estimate of drug-likeness (QED) is 0.618. The van der Waals surface area contributed by atoms with Gasteiger partial charge >= 0.3 is 5.97 Å². The number of nitrogens with zero attached hydrogens (tertiary/aromatic N) is 1. The minimum absolute atomic E-state index is 0.269. The first kappa shape index (κ1) is 13.1. The molecule has 1 heterocycles. The Morgan fingerprint density at radius 3 is 2.48 bits per heavy atom. The number of ether oxygens (including phenoxy) is 2. The van der Waals surface area contributed by atoms with Crippen LogP contribution >= 0.6 is 0 Å². The van der Waals surface area contributed by atoms with Gasteiger partial charge in [0, 0.05) is 11.3 Å². The summed E-state index contributed by atoms with van der Waals surface area (Å²) in [5, 5.41) is 0.991. The zero-order valence-electron chi connectivity index (χ0n) is 11.2. The zero-order chi connectivity index (χ0) is 14.8. The molecule has 1 amide bonds. The van der Waals surface area contributed by atoms with Gasteiger partial charge in [0.1, 0.15) is 11.5 Å². The fraction of sp³-hybridized carbons (Fsp3) is 0.0625. The first-order valence-corrected chi connectivity index (χ1v) is 6.27. The van der Waals surface area contributed by atoms with Crippen molar-refractivity contribution in [3.05, 3.63) is 58.6 Å². The van der Waals surface area contributed by atoms with E-state index in [1.165, 1.54) is 6.08 Å². The maximum atomic E-state index is 12.2. The highest BCUT2D eigenvalue weighted by Gasteiger charge is 2.15. The Hall–Kier alpha value is -2.95. The Morgan fingerprint density at radius 2 is 1.76 bits per heavy atom. The molecule has 3 rings (SSSR count). The zero-order valence-corrected chi connectivity index (χ0v) is 11.2. The Labute approximate surface area is 120 Å². The van der Waals surface area contributed by atoms with Crippen molar-refractivity contribution in [3.8, 4) is 11.5 Å². The summed E-state index contributed by atoms with van der Waals surface area (Å²) in [4.78, 5) is 27.3. The van der Waals surface area contributed by atoms with Crippen LogP contribution in [0.2, 0.25) is 0 Å². The number of para-hydroxylation sites is 1. The van der Waals surface area contributed by atoms with Crippen LogP contribution in [-0.2, 0) is 4.79 Å². The molecule has 0 spiro atoms. The van der Waals surface area contributed by atoms with Gasteiger partial charge in [-0.3, -0.25) is 4.79 Å². The summed E-state index contributed by atoms with van der Waals surface area (Å²) in [7, 11) is 1.56. The van der Waals surface area contributed by atoms with Gasteiger partial charge in [-0.25, -0.2) is 9.79 Å². The summed E-state index contributed by atoms with van der Waals surface area (Å²) in [5.41, 5.74) is 0.269. The Kier molecular flexibility index (Phi) is 3.23. The van der Waals surface area contributed by atoms with Gasteiger partial charge in [0.2, 0.25) is 0 Å². The lowest BCUT2D eigenvalue weighted by molar-refractivity contribution is -0.112. The maximum Gasteiger partial charge on any atom is 0.345 e. The van der Waals surface area contributed by atoms with E-state index < -0.39 is 5.97 Å². The molecule has 0 atom stereocenters. The standard InChI is InChI=1S/C16H11NO4/c1-20-11-5-7-12(8-6-11)21-16(19)13-4-2-3-10-9-14(18)17-15(10)13/h2-9H,1H3. The van der Waals surface area contributed by atoms with Gasteiger partial charge in [-0.15, -0.1) is 0 Å². The molecule has 21 heavy (non-hydrogen) atoms. The average molecular weight is 281 g/mol. The fourth-order valence-electron chi connectivity index (χ4n) is 2.05. The van der Waals surface area contributed by atoms with E-state index in [2.05, 4.69) is 4.99 Å². The summed E-state index contributed by atoms with van der Waals surface area (Å²) >= 11 is 0. The van der Waals surface area contributed by atoms with Crippen LogP contribution in [-0.4, -0.2) is 19.0 Å². The fourth-order valence-corrected chi connectivity index (χ4v) is 2.05. The van der Waals surface area contributed by atoms with E-state index in [1.807, 2.05) is 0 Å². The Bertz CT molecular complexity index is 838. The summed E-state index contributed by atoms with van der Waals surface area (Å²) in [6, 6.07) is 11.7. The molecule has 0 saturated carbocycles. The lowest BCUT2D eigenvalue weighted by Gasteiger charge is -2.05. The van der Waals surface area contributed by atoms with Crippen LogP contribution < -0.4 is 20.0 Å². The summed E-state index contributed by atoms with van der Waals surface area (Å²) < 4.78 is 10.3. The third-order valence-corrected chi connectivity index (χ3v) is 3.06. The van der Waals surface area contributed by atoms with Crippen LogP contribution in [0, 0.1) is 0 Å². The first-order chi connectivity index (χ1) is 10.2. The number of carbonyl (C=O) groups excluding carboxylic acids is 2. The number of methoxy groups -OCH3 is 1. The van der Waals surface area contributed by atoms with Gasteiger partial charge in [0.25, 0.3) is 5.91 Å². The van der Waals surface area contributed by atoms with Crippen molar-refractivity contribution in [1.82, 2.24) is 0 Å². The minimum Gasteiger partial charge on any atom is -0.497 e. The second-order valence-corrected chi connectivity index (χ2v) is 4.40. The summed E-state index contributed by atoms with van der Waals surface area (Å²) in [6.45, 7) is 0. The van der Waals surface area contributed by atoms with Gasteiger partial charge < -0.3 is 9.47 Å². The molecule has 0 unspecified atom stereocenters. The van der Waals surface area contributed by atoms with E-state index in [0.717, 1.165) is 0 Å². The molecule has 0 aromatic heterocycles. The van der Waals surface area contributed by atoms with Gasteiger partial charge in [0.15, 0.2) is 0 Å². The van der Waals surface area contributed by atoms with Crippen molar-refractivity contribution < 1.29 is 19.1 Å². The molecule has 5 nitrogen and oxygen atoms in total. The number of hydrogen-bond acceptors (Lipinski definition) is 4. The molecular formula is C16H11NO4. The highest BCUT2D eigenvalue weighted by molar-refractivity contribution is 6.07. The second kappa shape index (κ2) is 5.20. The van der Waals surface area contributed by atoms with Gasteiger partial charge in [-0.05, 0) is 30.3 Å². The van der Waals surface area contributed by atoms with Crippen LogP contribution in [0.5, 0.6) is 11.5 Å². The monoisotopic (exact) mass is 281 g/mol. The molecule has 0 fully saturated rings. The third-order valence-electron chi connectivity index (χ3n) is 3.06. The van der Waals surface area contributed by atoms with Gasteiger partial charge in [-0.1, -0.05) is 12.1 Å². The number of esters is 1. The van der Waals surface area contributed by atoms with Gasteiger partial charge in [-0.2, -0.15) is 0 Å². The van der Waals surface area contributed by atoms with Crippen molar-refractivity contribution in [2.45, 2.75) is 0 Å². The molecule has 104 valence electrons. The summed E-state index contributed by atoms with van der Waals surface area (Å²) in [6.07, 6.45) is 1.39. The molecule has 1 aliphatic rings.